The highest BCUT2D eigenvalue weighted by atomic mass is 16.5. The van der Waals surface area contributed by atoms with Gasteiger partial charge in [-0.2, -0.15) is 0 Å². The van der Waals surface area contributed by atoms with E-state index in [4.69, 9.17) is 10.5 Å². The lowest BCUT2D eigenvalue weighted by Crippen LogP contribution is -2.12. The van der Waals surface area contributed by atoms with Crippen molar-refractivity contribution in [2.24, 2.45) is 5.92 Å². The zero-order valence-electron chi connectivity index (χ0n) is 11.6. The lowest BCUT2D eigenvalue weighted by atomic mass is 10.2. The molecule has 1 heterocycles. The molecule has 106 valence electrons. The standard InChI is InChI=1S/C15H19N3O2/c1-10(2)9-20-13-5-3-4-12(7-13)18-15(19)14-6-11(16)8-17-14/h3-8,10,17H,9,16H2,1-2H3,(H,18,19). The molecule has 1 amide bonds. The molecule has 1 aromatic carbocycles. The molecule has 0 unspecified atom stereocenters. The smallest absolute Gasteiger partial charge is 0.272 e. The number of hydrogen-bond acceptors (Lipinski definition) is 3. The van der Waals surface area contributed by atoms with Gasteiger partial charge in [-0.1, -0.05) is 19.9 Å². The molecule has 0 aliphatic carbocycles. The number of amides is 1. The number of benzene rings is 1. The normalized spacial score (nSPS) is 10.6. The Hall–Kier alpha value is -2.43. The van der Waals surface area contributed by atoms with E-state index in [-0.39, 0.29) is 5.91 Å². The summed E-state index contributed by atoms with van der Waals surface area (Å²) < 4.78 is 5.62. The zero-order chi connectivity index (χ0) is 14.5. The molecule has 0 atom stereocenters. The summed E-state index contributed by atoms with van der Waals surface area (Å²) in [5, 5.41) is 2.79. The summed E-state index contributed by atoms with van der Waals surface area (Å²) in [5.41, 5.74) is 7.21. The maximum Gasteiger partial charge on any atom is 0.272 e. The van der Waals surface area contributed by atoms with Crippen LogP contribution < -0.4 is 15.8 Å². The average molecular weight is 273 g/mol. The topological polar surface area (TPSA) is 80.1 Å². The van der Waals surface area contributed by atoms with Crippen LogP contribution in [0.1, 0.15) is 24.3 Å². The number of anilines is 2. The summed E-state index contributed by atoms with van der Waals surface area (Å²) in [5.74, 6) is 0.959. The molecule has 4 N–H and O–H groups in total. The number of rotatable bonds is 5. The monoisotopic (exact) mass is 273 g/mol. The van der Waals surface area contributed by atoms with Crippen molar-refractivity contribution in [1.29, 1.82) is 0 Å². The van der Waals surface area contributed by atoms with E-state index in [1.807, 2.05) is 18.2 Å². The number of nitrogens with two attached hydrogens (primary N) is 1. The van der Waals surface area contributed by atoms with Crippen molar-refractivity contribution in [2.75, 3.05) is 17.7 Å². The number of carbonyl (C=O) groups excluding carboxylic acids is 1. The van der Waals surface area contributed by atoms with Gasteiger partial charge >= 0.3 is 0 Å². The minimum atomic E-state index is -0.234. The van der Waals surface area contributed by atoms with Gasteiger partial charge in [-0.25, -0.2) is 0 Å². The molecular formula is C15H19N3O2. The van der Waals surface area contributed by atoms with Crippen LogP contribution in [0, 0.1) is 5.92 Å². The number of nitrogens with one attached hydrogen (secondary N) is 2. The van der Waals surface area contributed by atoms with Gasteiger partial charge in [0.05, 0.1) is 6.61 Å². The molecule has 2 rings (SSSR count). The Balaban J connectivity index is 2.02. The molecule has 20 heavy (non-hydrogen) atoms. The number of aromatic nitrogens is 1. The minimum absolute atomic E-state index is 0.234. The van der Waals surface area contributed by atoms with Crippen LogP contribution in [0.15, 0.2) is 36.5 Å². The molecule has 1 aromatic heterocycles. The Labute approximate surface area is 118 Å². The first kappa shape index (κ1) is 14.0. The quantitative estimate of drug-likeness (QED) is 0.783. The lowest BCUT2D eigenvalue weighted by Gasteiger charge is -2.10. The fourth-order valence-electron chi connectivity index (χ4n) is 1.67. The maximum absolute atomic E-state index is 12.0. The molecule has 5 nitrogen and oxygen atoms in total. The molecule has 2 aromatic rings. The van der Waals surface area contributed by atoms with Crippen molar-refractivity contribution in [2.45, 2.75) is 13.8 Å². The fraction of sp³-hybridized carbons (Fsp3) is 0.267. The summed E-state index contributed by atoms with van der Waals surface area (Å²) in [4.78, 5) is 14.8. The Kier molecular flexibility index (Phi) is 4.30. The van der Waals surface area contributed by atoms with Crippen LogP contribution in [0.25, 0.3) is 0 Å². The predicted molar refractivity (Wildman–Crippen MR) is 79.9 cm³/mol. The number of H-pyrrole nitrogens is 1. The molecule has 0 spiro atoms. The predicted octanol–water partition coefficient (Wildman–Crippen LogP) is 2.88. The van der Waals surface area contributed by atoms with E-state index in [9.17, 15) is 4.79 Å². The van der Waals surface area contributed by atoms with E-state index < -0.39 is 0 Å². The first-order chi connectivity index (χ1) is 9.54. The van der Waals surface area contributed by atoms with Gasteiger partial charge in [0, 0.05) is 23.6 Å². The van der Waals surface area contributed by atoms with Crippen molar-refractivity contribution in [3.8, 4) is 5.75 Å². The van der Waals surface area contributed by atoms with Gasteiger partial charge in [0.15, 0.2) is 0 Å². The van der Waals surface area contributed by atoms with Crippen molar-refractivity contribution in [3.05, 3.63) is 42.2 Å². The molecule has 0 aliphatic rings. The van der Waals surface area contributed by atoms with E-state index in [0.717, 1.165) is 5.75 Å². The van der Waals surface area contributed by atoms with Crippen molar-refractivity contribution < 1.29 is 9.53 Å². The lowest BCUT2D eigenvalue weighted by molar-refractivity contribution is 0.102. The van der Waals surface area contributed by atoms with Gasteiger partial charge < -0.3 is 20.8 Å². The molecule has 0 saturated heterocycles. The molecule has 0 bridgehead atoms. The summed E-state index contributed by atoms with van der Waals surface area (Å²) in [6, 6.07) is 8.91. The molecule has 0 saturated carbocycles. The van der Waals surface area contributed by atoms with Gasteiger partial charge in [-0.05, 0) is 24.1 Å². The Morgan fingerprint density at radius 1 is 1.40 bits per heavy atom. The average Bonchev–Trinajstić information content (AvgIpc) is 2.84. The first-order valence-corrected chi connectivity index (χ1v) is 6.52. The molecule has 0 aliphatic heterocycles. The Morgan fingerprint density at radius 2 is 2.20 bits per heavy atom. The summed E-state index contributed by atoms with van der Waals surface area (Å²) in [7, 11) is 0. The summed E-state index contributed by atoms with van der Waals surface area (Å²) in [6.45, 7) is 4.81. The largest absolute Gasteiger partial charge is 0.493 e. The zero-order valence-corrected chi connectivity index (χ0v) is 11.6. The third-order valence-electron chi connectivity index (χ3n) is 2.63. The molecule has 5 heteroatoms. The van der Waals surface area contributed by atoms with E-state index >= 15 is 0 Å². The van der Waals surface area contributed by atoms with Crippen LogP contribution in [0.4, 0.5) is 11.4 Å². The number of hydrogen-bond donors (Lipinski definition) is 3. The van der Waals surface area contributed by atoms with Crippen molar-refractivity contribution in [1.82, 2.24) is 4.98 Å². The number of carbonyl (C=O) groups is 1. The Morgan fingerprint density at radius 3 is 2.85 bits per heavy atom. The number of ether oxygens (including phenoxy) is 1. The van der Waals surface area contributed by atoms with Gasteiger partial charge in [0.25, 0.3) is 5.91 Å². The van der Waals surface area contributed by atoms with E-state index in [1.165, 1.54) is 0 Å². The van der Waals surface area contributed by atoms with Gasteiger partial charge in [-0.15, -0.1) is 0 Å². The second kappa shape index (κ2) is 6.14. The van der Waals surface area contributed by atoms with E-state index in [0.29, 0.717) is 29.6 Å². The highest BCUT2D eigenvalue weighted by molar-refractivity contribution is 6.03. The maximum atomic E-state index is 12.0. The van der Waals surface area contributed by atoms with E-state index in [2.05, 4.69) is 24.1 Å². The van der Waals surface area contributed by atoms with E-state index in [1.54, 1.807) is 18.3 Å². The van der Waals surface area contributed by atoms with Crippen molar-refractivity contribution >= 4 is 17.3 Å². The molecule has 0 radical (unpaired) electrons. The van der Waals surface area contributed by atoms with Crippen LogP contribution >= 0.6 is 0 Å². The minimum Gasteiger partial charge on any atom is -0.493 e. The first-order valence-electron chi connectivity index (χ1n) is 6.52. The van der Waals surface area contributed by atoms with Crippen LogP contribution in [-0.2, 0) is 0 Å². The SMILES string of the molecule is CC(C)COc1cccc(NC(=O)c2cc(N)c[nH]2)c1. The fourth-order valence-corrected chi connectivity index (χ4v) is 1.67. The summed E-state index contributed by atoms with van der Waals surface area (Å²) in [6.07, 6.45) is 1.58. The number of nitrogen functional groups attached to an aromatic ring is 1. The highest BCUT2D eigenvalue weighted by Gasteiger charge is 2.08. The number of aromatic amines is 1. The third-order valence-corrected chi connectivity index (χ3v) is 2.63. The second-order valence-corrected chi connectivity index (χ2v) is 5.03. The highest BCUT2D eigenvalue weighted by Crippen LogP contribution is 2.19. The second-order valence-electron chi connectivity index (χ2n) is 5.03. The van der Waals surface area contributed by atoms with Gasteiger partial charge in [0.2, 0.25) is 0 Å². The van der Waals surface area contributed by atoms with Crippen LogP contribution in [0.3, 0.4) is 0 Å². The third kappa shape index (κ3) is 3.78. The van der Waals surface area contributed by atoms with Crippen LogP contribution in [0.5, 0.6) is 5.75 Å². The van der Waals surface area contributed by atoms with Crippen LogP contribution in [0.2, 0.25) is 0 Å². The molecular weight excluding hydrogens is 254 g/mol. The van der Waals surface area contributed by atoms with Crippen LogP contribution in [-0.4, -0.2) is 17.5 Å². The van der Waals surface area contributed by atoms with Gasteiger partial charge in [-0.3, -0.25) is 4.79 Å². The van der Waals surface area contributed by atoms with Crippen molar-refractivity contribution in [3.63, 3.8) is 0 Å². The summed E-state index contributed by atoms with van der Waals surface area (Å²) >= 11 is 0. The van der Waals surface area contributed by atoms with Gasteiger partial charge in [0.1, 0.15) is 11.4 Å². The Bertz CT molecular complexity index is 590. The molecule has 0 fully saturated rings.